The van der Waals surface area contributed by atoms with Crippen molar-refractivity contribution in [1.82, 2.24) is 0 Å². The van der Waals surface area contributed by atoms with E-state index in [0.29, 0.717) is 0 Å². The van der Waals surface area contributed by atoms with Gasteiger partial charge in [0.25, 0.3) is 0 Å². The molecule has 0 saturated carbocycles. The zero-order chi connectivity index (χ0) is 14.5. The monoisotopic (exact) mass is 279 g/mol. The number of alkyl halides is 3. The molecule has 1 heterocycles. The summed E-state index contributed by atoms with van der Waals surface area (Å²) in [6.07, 6.45) is 3.65. The minimum absolute atomic E-state index is 0.0136. The normalized spacial score (nSPS) is 24.2. The number of hydrogen-bond donors (Lipinski definition) is 0. The molecule has 2 aliphatic rings. The molecule has 1 aromatic rings. The van der Waals surface area contributed by atoms with Crippen molar-refractivity contribution >= 4 is 5.69 Å². The van der Waals surface area contributed by atoms with Gasteiger partial charge in [0.1, 0.15) is 0 Å². The third kappa shape index (κ3) is 1.94. The van der Waals surface area contributed by atoms with Crippen LogP contribution in [0.15, 0.2) is 42.5 Å². The molecule has 0 N–H and O–H groups in total. The SMILES string of the molecule is CC(C)N1c2ccc(C(F)(F)F)cc2C2C=CC=CC21. The summed E-state index contributed by atoms with van der Waals surface area (Å²) in [7, 11) is 0. The van der Waals surface area contributed by atoms with Crippen LogP contribution in [0.3, 0.4) is 0 Å². The van der Waals surface area contributed by atoms with Gasteiger partial charge >= 0.3 is 6.18 Å². The standard InChI is InChI=1S/C16H16F3N/c1-10(2)20-14-6-4-3-5-12(14)13-9-11(16(17,18)19)7-8-15(13)20/h3-10,12,14H,1-2H3. The number of allylic oxidation sites excluding steroid dienone is 2. The lowest BCUT2D eigenvalue weighted by Crippen LogP contribution is -2.38. The van der Waals surface area contributed by atoms with Gasteiger partial charge in [0, 0.05) is 17.6 Å². The molecule has 20 heavy (non-hydrogen) atoms. The second-order valence-electron chi connectivity index (χ2n) is 5.56. The minimum Gasteiger partial charge on any atom is -0.361 e. The molecule has 0 spiro atoms. The van der Waals surface area contributed by atoms with E-state index in [1.54, 1.807) is 6.07 Å². The van der Waals surface area contributed by atoms with E-state index in [0.717, 1.165) is 11.3 Å². The van der Waals surface area contributed by atoms with E-state index in [4.69, 9.17) is 0 Å². The van der Waals surface area contributed by atoms with E-state index >= 15 is 0 Å². The Kier molecular flexibility index (Phi) is 2.92. The highest BCUT2D eigenvalue weighted by molar-refractivity contribution is 5.67. The van der Waals surface area contributed by atoms with Crippen molar-refractivity contribution < 1.29 is 13.2 Å². The molecule has 0 bridgehead atoms. The maximum Gasteiger partial charge on any atom is 0.416 e. The highest BCUT2D eigenvalue weighted by Crippen LogP contribution is 2.46. The van der Waals surface area contributed by atoms with Gasteiger partial charge in [0.2, 0.25) is 0 Å². The molecule has 3 rings (SSSR count). The first-order chi connectivity index (χ1) is 9.39. The van der Waals surface area contributed by atoms with Gasteiger partial charge in [-0.1, -0.05) is 24.3 Å². The molecule has 2 unspecified atom stereocenters. The average Bonchev–Trinajstić information content (AvgIpc) is 2.71. The Morgan fingerprint density at radius 3 is 2.45 bits per heavy atom. The van der Waals surface area contributed by atoms with Crippen molar-refractivity contribution in [3.05, 3.63) is 53.6 Å². The fourth-order valence-corrected chi connectivity index (χ4v) is 3.16. The molecular weight excluding hydrogens is 263 g/mol. The molecule has 0 fully saturated rings. The second kappa shape index (κ2) is 4.40. The van der Waals surface area contributed by atoms with Crippen LogP contribution < -0.4 is 4.90 Å². The highest BCUT2D eigenvalue weighted by atomic mass is 19.4. The fraction of sp³-hybridized carbons (Fsp3) is 0.375. The summed E-state index contributed by atoms with van der Waals surface area (Å²) in [5.41, 5.74) is 1.13. The summed E-state index contributed by atoms with van der Waals surface area (Å²) < 4.78 is 38.7. The summed E-state index contributed by atoms with van der Waals surface area (Å²) in [4.78, 5) is 2.19. The van der Waals surface area contributed by atoms with E-state index in [9.17, 15) is 13.2 Å². The number of anilines is 1. The summed E-state index contributed by atoms with van der Waals surface area (Å²) in [5, 5.41) is 0. The van der Waals surface area contributed by atoms with Gasteiger partial charge in [-0.05, 0) is 37.6 Å². The van der Waals surface area contributed by atoms with Crippen molar-refractivity contribution in [3.8, 4) is 0 Å². The Labute approximate surface area is 116 Å². The smallest absolute Gasteiger partial charge is 0.361 e. The van der Waals surface area contributed by atoms with Crippen molar-refractivity contribution in [3.63, 3.8) is 0 Å². The van der Waals surface area contributed by atoms with Gasteiger partial charge in [-0.15, -0.1) is 0 Å². The Bertz CT molecular complexity index is 584. The van der Waals surface area contributed by atoms with Crippen molar-refractivity contribution in [2.75, 3.05) is 4.90 Å². The highest BCUT2D eigenvalue weighted by Gasteiger charge is 2.40. The number of nitrogens with zero attached hydrogens (tertiary/aromatic N) is 1. The van der Waals surface area contributed by atoms with Crippen LogP contribution in [-0.4, -0.2) is 12.1 Å². The number of rotatable bonds is 1. The molecule has 1 aromatic carbocycles. The minimum atomic E-state index is -4.29. The van der Waals surface area contributed by atoms with E-state index < -0.39 is 11.7 Å². The molecule has 0 aromatic heterocycles. The molecule has 1 nitrogen and oxygen atoms in total. The summed E-state index contributed by atoms with van der Waals surface area (Å²) in [6.45, 7) is 4.13. The maximum atomic E-state index is 12.9. The number of halogens is 3. The van der Waals surface area contributed by atoms with Crippen LogP contribution >= 0.6 is 0 Å². The van der Waals surface area contributed by atoms with Gasteiger partial charge in [-0.25, -0.2) is 0 Å². The molecule has 0 radical (unpaired) electrons. The van der Waals surface area contributed by atoms with Crippen molar-refractivity contribution in [2.45, 2.75) is 38.0 Å². The Balaban J connectivity index is 2.13. The van der Waals surface area contributed by atoms with Gasteiger partial charge in [0.05, 0.1) is 11.6 Å². The van der Waals surface area contributed by atoms with E-state index in [2.05, 4.69) is 24.8 Å². The Hall–Kier alpha value is -1.71. The quantitative estimate of drug-likeness (QED) is 0.731. The third-order valence-electron chi connectivity index (χ3n) is 3.98. The van der Waals surface area contributed by atoms with Crippen LogP contribution in [0.1, 0.15) is 30.9 Å². The molecule has 0 saturated heterocycles. The van der Waals surface area contributed by atoms with Gasteiger partial charge < -0.3 is 4.90 Å². The second-order valence-corrected chi connectivity index (χ2v) is 5.56. The van der Waals surface area contributed by atoms with Crippen LogP contribution in [0, 0.1) is 0 Å². The van der Waals surface area contributed by atoms with Crippen molar-refractivity contribution in [1.29, 1.82) is 0 Å². The van der Waals surface area contributed by atoms with Crippen molar-refractivity contribution in [2.24, 2.45) is 0 Å². The van der Waals surface area contributed by atoms with E-state index in [1.807, 2.05) is 18.2 Å². The zero-order valence-corrected chi connectivity index (χ0v) is 11.4. The predicted octanol–water partition coefficient (Wildman–Crippen LogP) is 4.51. The number of fused-ring (bicyclic) bond motifs is 3. The summed E-state index contributed by atoms with van der Waals surface area (Å²) in [6, 6.07) is 4.46. The predicted molar refractivity (Wildman–Crippen MR) is 73.9 cm³/mol. The molecular formula is C16H16F3N. The van der Waals surface area contributed by atoms with Gasteiger partial charge in [0.15, 0.2) is 0 Å². The number of hydrogen-bond acceptors (Lipinski definition) is 1. The Morgan fingerprint density at radius 1 is 1.10 bits per heavy atom. The molecule has 106 valence electrons. The topological polar surface area (TPSA) is 3.24 Å². The first-order valence-electron chi connectivity index (χ1n) is 6.74. The van der Waals surface area contributed by atoms with Gasteiger partial charge in [-0.3, -0.25) is 0 Å². The van der Waals surface area contributed by atoms with E-state index in [-0.39, 0.29) is 18.0 Å². The molecule has 4 heteroatoms. The maximum absolute atomic E-state index is 12.9. The van der Waals surface area contributed by atoms with Crippen LogP contribution in [0.4, 0.5) is 18.9 Å². The van der Waals surface area contributed by atoms with E-state index in [1.165, 1.54) is 12.1 Å². The zero-order valence-electron chi connectivity index (χ0n) is 11.4. The summed E-state index contributed by atoms with van der Waals surface area (Å²) in [5.74, 6) is 0.0136. The molecule has 1 aliphatic heterocycles. The summed E-state index contributed by atoms with van der Waals surface area (Å²) >= 11 is 0. The molecule has 1 aliphatic carbocycles. The van der Waals surface area contributed by atoms with Crippen LogP contribution in [0.25, 0.3) is 0 Å². The number of benzene rings is 1. The average molecular weight is 279 g/mol. The first kappa shape index (κ1) is 13.3. The third-order valence-corrected chi connectivity index (χ3v) is 3.98. The first-order valence-corrected chi connectivity index (χ1v) is 6.74. The fourth-order valence-electron chi connectivity index (χ4n) is 3.16. The van der Waals surface area contributed by atoms with Crippen LogP contribution in [0.5, 0.6) is 0 Å². The van der Waals surface area contributed by atoms with Crippen LogP contribution in [-0.2, 0) is 6.18 Å². The van der Waals surface area contributed by atoms with Crippen LogP contribution in [0.2, 0.25) is 0 Å². The van der Waals surface area contributed by atoms with Gasteiger partial charge in [-0.2, -0.15) is 13.2 Å². The largest absolute Gasteiger partial charge is 0.416 e. The molecule has 2 atom stereocenters. The Morgan fingerprint density at radius 2 is 1.80 bits per heavy atom. The lowest BCUT2D eigenvalue weighted by atomic mass is 9.90. The lowest BCUT2D eigenvalue weighted by molar-refractivity contribution is -0.137. The lowest BCUT2D eigenvalue weighted by Gasteiger charge is -2.32. The molecule has 0 amide bonds.